The van der Waals surface area contributed by atoms with Gasteiger partial charge in [-0.3, -0.25) is 9.78 Å². The summed E-state index contributed by atoms with van der Waals surface area (Å²) in [6, 6.07) is 11.2. The number of fused-ring (bicyclic) bond motifs is 1. The quantitative estimate of drug-likeness (QED) is 0.769. The molecule has 0 saturated carbocycles. The Morgan fingerprint density at radius 2 is 2.04 bits per heavy atom. The van der Waals surface area contributed by atoms with Crippen molar-refractivity contribution in [2.45, 2.75) is 25.7 Å². The van der Waals surface area contributed by atoms with Gasteiger partial charge in [-0.2, -0.15) is 0 Å². The molecule has 6 heteroatoms. The van der Waals surface area contributed by atoms with E-state index in [9.17, 15) is 4.79 Å². The monoisotopic (exact) mass is 343 g/mol. The zero-order valence-electron chi connectivity index (χ0n) is 13.5. The lowest BCUT2D eigenvalue weighted by Gasteiger charge is -2.24. The summed E-state index contributed by atoms with van der Waals surface area (Å²) in [5.41, 5.74) is 1.90. The van der Waals surface area contributed by atoms with Crippen LogP contribution in [0.3, 0.4) is 0 Å². The third-order valence-corrected chi connectivity index (χ3v) is 4.15. The van der Waals surface area contributed by atoms with Gasteiger partial charge in [-0.05, 0) is 24.3 Å². The average molecular weight is 344 g/mol. The molecule has 24 heavy (non-hydrogen) atoms. The maximum atomic E-state index is 12.3. The highest BCUT2D eigenvalue weighted by Gasteiger charge is 2.23. The van der Waals surface area contributed by atoms with E-state index >= 15 is 0 Å². The zero-order chi connectivity index (χ0) is 17.2. The summed E-state index contributed by atoms with van der Waals surface area (Å²) in [6.07, 6.45) is 1.79. The number of nitrogens with zero attached hydrogens (tertiary/aromatic N) is 2. The molecule has 3 rings (SSSR count). The fraction of sp³-hybridized carbons (Fsp3) is 0.278. The topological polar surface area (TPSA) is 68.0 Å². The lowest BCUT2D eigenvalue weighted by molar-refractivity contribution is -0.120. The van der Waals surface area contributed by atoms with Crippen molar-refractivity contribution in [3.8, 4) is 0 Å². The minimum atomic E-state index is -0.299. The molecule has 0 atom stereocenters. The number of para-hydroxylation sites is 1. The van der Waals surface area contributed by atoms with Gasteiger partial charge in [0.05, 0.1) is 11.4 Å². The molecule has 0 radical (unpaired) electrons. The van der Waals surface area contributed by atoms with Gasteiger partial charge in [-0.1, -0.05) is 42.7 Å². The molecule has 3 aromatic rings. The molecule has 124 valence electrons. The third-order valence-electron chi connectivity index (χ3n) is 3.93. The van der Waals surface area contributed by atoms with Crippen LogP contribution in [0.4, 0.5) is 0 Å². The molecule has 1 aromatic carbocycles. The van der Waals surface area contributed by atoms with E-state index in [0.29, 0.717) is 22.8 Å². The highest BCUT2D eigenvalue weighted by molar-refractivity contribution is 6.30. The van der Waals surface area contributed by atoms with Gasteiger partial charge in [0.2, 0.25) is 5.91 Å². The number of amides is 1. The van der Waals surface area contributed by atoms with Crippen LogP contribution in [0.5, 0.6) is 0 Å². The lowest BCUT2D eigenvalue weighted by Crippen LogP contribution is -2.38. The number of carbonyl (C=O) groups excluding carboxylic acids is 1. The lowest BCUT2D eigenvalue weighted by atomic mass is 9.88. The number of hydrogen-bond donors (Lipinski definition) is 1. The number of nitrogens with one attached hydrogen (secondary N) is 1. The van der Waals surface area contributed by atoms with Crippen molar-refractivity contribution in [1.82, 2.24) is 15.5 Å². The Morgan fingerprint density at radius 1 is 1.25 bits per heavy atom. The Balaban J connectivity index is 1.63. The summed E-state index contributed by atoms with van der Waals surface area (Å²) in [4.78, 5) is 16.6. The number of halogens is 1. The smallest absolute Gasteiger partial charge is 0.226 e. The van der Waals surface area contributed by atoms with Crippen LogP contribution < -0.4 is 5.32 Å². The van der Waals surface area contributed by atoms with E-state index in [1.165, 1.54) is 0 Å². The summed E-state index contributed by atoms with van der Waals surface area (Å²) < 4.78 is 5.22. The van der Waals surface area contributed by atoms with Crippen LogP contribution in [0, 0.1) is 0 Å². The van der Waals surface area contributed by atoms with Crippen molar-refractivity contribution < 1.29 is 9.32 Å². The Bertz CT molecular complexity index is 856. The molecular weight excluding hydrogens is 326 g/mol. The van der Waals surface area contributed by atoms with Crippen molar-refractivity contribution in [1.29, 1.82) is 0 Å². The van der Waals surface area contributed by atoms with Gasteiger partial charge in [0, 0.05) is 29.2 Å². The Labute approximate surface area is 145 Å². The number of carbonyl (C=O) groups is 1. The molecule has 0 aliphatic rings. The Kier molecular flexibility index (Phi) is 4.53. The second-order valence-corrected chi connectivity index (χ2v) is 6.76. The van der Waals surface area contributed by atoms with E-state index in [1.807, 2.05) is 44.2 Å². The van der Waals surface area contributed by atoms with Crippen LogP contribution >= 0.6 is 11.6 Å². The molecule has 1 amide bonds. The normalized spacial score (nSPS) is 11.6. The maximum Gasteiger partial charge on any atom is 0.226 e. The van der Waals surface area contributed by atoms with Gasteiger partial charge >= 0.3 is 0 Å². The number of pyridine rings is 1. The Hall–Kier alpha value is -2.40. The minimum Gasteiger partial charge on any atom is -0.356 e. The first kappa shape index (κ1) is 16.5. The van der Waals surface area contributed by atoms with Gasteiger partial charge in [0.1, 0.15) is 5.69 Å². The second-order valence-electron chi connectivity index (χ2n) is 6.32. The van der Waals surface area contributed by atoms with E-state index in [1.54, 1.807) is 12.3 Å². The molecule has 0 unspecified atom stereocenters. The first-order valence-electron chi connectivity index (χ1n) is 7.68. The molecule has 0 bridgehead atoms. The number of aromatic nitrogens is 2. The highest BCUT2D eigenvalue weighted by Crippen LogP contribution is 2.22. The van der Waals surface area contributed by atoms with E-state index in [0.717, 1.165) is 11.1 Å². The van der Waals surface area contributed by atoms with Crippen LogP contribution in [0.25, 0.3) is 11.0 Å². The summed E-state index contributed by atoms with van der Waals surface area (Å²) in [5, 5.41) is 8.39. The molecule has 0 saturated heterocycles. The van der Waals surface area contributed by atoms with Crippen molar-refractivity contribution in [2.75, 3.05) is 6.54 Å². The largest absolute Gasteiger partial charge is 0.356 e. The predicted octanol–water partition coefficient (Wildman–Crippen LogP) is 3.51. The third kappa shape index (κ3) is 3.57. The number of benzene rings is 1. The molecular formula is C18H18ClN3O2. The van der Waals surface area contributed by atoms with Crippen molar-refractivity contribution in [3.63, 3.8) is 0 Å². The van der Waals surface area contributed by atoms with Crippen molar-refractivity contribution in [2.24, 2.45) is 0 Å². The molecule has 0 aliphatic carbocycles. The van der Waals surface area contributed by atoms with Crippen molar-refractivity contribution in [3.05, 3.63) is 59.0 Å². The molecule has 0 aliphatic heterocycles. The summed E-state index contributed by atoms with van der Waals surface area (Å²) in [5.74, 6) is -0.101. The van der Waals surface area contributed by atoms with Gasteiger partial charge in [-0.25, -0.2) is 0 Å². The fourth-order valence-corrected chi connectivity index (χ4v) is 2.58. The maximum absolute atomic E-state index is 12.3. The number of rotatable bonds is 5. The summed E-state index contributed by atoms with van der Waals surface area (Å²) >= 11 is 5.87. The van der Waals surface area contributed by atoms with Crippen LogP contribution in [-0.4, -0.2) is 22.6 Å². The number of hydrogen-bond acceptors (Lipinski definition) is 4. The highest BCUT2D eigenvalue weighted by atomic mass is 35.5. The van der Waals surface area contributed by atoms with E-state index in [4.69, 9.17) is 16.1 Å². The first-order valence-corrected chi connectivity index (χ1v) is 8.05. The van der Waals surface area contributed by atoms with Crippen LogP contribution in [0.15, 0.2) is 47.1 Å². The predicted molar refractivity (Wildman–Crippen MR) is 93.0 cm³/mol. The average Bonchev–Trinajstić information content (AvgIpc) is 2.97. The minimum absolute atomic E-state index is 0.101. The summed E-state index contributed by atoms with van der Waals surface area (Å²) in [6.45, 7) is 4.51. The van der Waals surface area contributed by atoms with Gasteiger partial charge in [-0.15, -0.1) is 0 Å². The zero-order valence-corrected chi connectivity index (χ0v) is 14.3. The van der Waals surface area contributed by atoms with Crippen molar-refractivity contribution >= 4 is 28.5 Å². The molecule has 0 spiro atoms. The molecule has 5 nitrogen and oxygen atoms in total. The van der Waals surface area contributed by atoms with E-state index < -0.39 is 0 Å². The van der Waals surface area contributed by atoms with Crippen LogP contribution in [0.2, 0.25) is 5.02 Å². The molecule has 1 N–H and O–H groups in total. The van der Waals surface area contributed by atoms with E-state index in [2.05, 4.69) is 15.5 Å². The van der Waals surface area contributed by atoms with Crippen LogP contribution in [-0.2, 0) is 16.6 Å². The van der Waals surface area contributed by atoms with Gasteiger partial charge in [0.15, 0.2) is 5.58 Å². The van der Waals surface area contributed by atoms with Crippen LogP contribution in [0.1, 0.15) is 25.2 Å². The van der Waals surface area contributed by atoms with Gasteiger partial charge < -0.3 is 9.84 Å². The standard InChI is InChI=1S/C18H18ClN3O2/c1-18(2,16-8-7-12(19)10-20-16)11-21-17(23)9-14-13-5-3-4-6-15(13)24-22-14/h3-8,10H,9,11H2,1-2H3,(H,21,23). The molecule has 2 heterocycles. The molecule has 0 fully saturated rings. The second kappa shape index (κ2) is 6.61. The molecule has 2 aromatic heterocycles. The Morgan fingerprint density at radius 3 is 2.79 bits per heavy atom. The fourth-order valence-electron chi connectivity index (χ4n) is 2.47. The summed E-state index contributed by atoms with van der Waals surface area (Å²) in [7, 11) is 0. The SMILES string of the molecule is CC(C)(CNC(=O)Cc1noc2ccccc12)c1ccc(Cl)cn1. The van der Waals surface area contributed by atoms with Gasteiger partial charge in [0.25, 0.3) is 0 Å². The first-order chi connectivity index (χ1) is 11.5. The van der Waals surface area contributed by atoms with E-state index in [-0.39, 0.29) is 17.7 Å².